The number of esters is 1. The van der Waals surface area contributed by atoms with Crippen molar-refractivity contribution in [2.45, 2.75) is 6.92 Å². The second-order valence-electron chi connectivity index (χ2n) is 5.05. The summed E-state index contributed by atoms with van der Waals surface area (Å²) in [6.45, 7) is 1.80. The van der Waals surface area contributed by atoms with Gasteiger partial charge >= 0.3 is 5.97 Å². The SMILES string of the molecule is COC(=O)c1ccc(C)c(NCC(=O)Nc2ccc(F)cc2Cl)c1. The van der Waals surface area contributed by atoms with E-state index in [2.05, 4.69) is 15.4 Å². The minimum absolute atomic E-state index is 0.0425. The van der Waals surface area contributed by atoms with E-state index >= 15 is 0 Å². The first-order valence-corrected chi connectivity index (χ1v) is 7.46. The summed E-state index contributed by atoms with van der Waals surface area (Å²) in [5, 5.41) is 5.65. The molecule has 0 spiro atoms. The molecule has 0 aromatic heterocycles. The predicted octanol–water partition coefficient (Wildman–Crippen LogP) is 3.62. The van der Waals surface area contributed by atoms with Crippen LogP contribution >= 0.6 is 11.6 Å². The summed E-state index contributed by atoms with van der Waals surface area (Å²) in [5.41, 5.74) is 2.21. The highest BCUT2D eigenvalue weighted by atomic mass is 35.5. The van der Waals surface area contributed by atoms with Crippen LogP contribution in [-0.2, 0) is 9.53 Å². The average Bonchev–Trinajstić information content (AvgIpc) is 2.56. The van der Waals surface area contributed by atoms with Crippen molar-refractivity contribution in [1.29, 1.82) is 0 Å². The van der Waals surface area contributed by atoms with Crippen molar-refractivity contribution in [3.8, 4) is 0 Å². The van der Waals surface area contributed by atoms with Crippen LogP contribution in [0.1, 0.15) is 15.9 Å². The molecule has 0 radical (unpaired) electrons. The molecule has 0 aliphatic heterocycles. The molecule has 0 atom stereocenters. The first-order chi connectivity index (χ1) is 11.4. The summed E-state index contributed by atoms with van der Waals surface area (Å²) in [6, 6.07) is 8.72. The lowest BCUT2D eigenvalue weighted by Gasteiger charge is -2.12. The molecule has 2 N–H and O–H groups in total. The molecular formula is C17H16ClFN2O3. The van der Waals surface area contributed by atoms with Crippen LogP contribution in [0.4, 0.5) is 15.8 Å². The van der Waals surface area contributed by atoms with Gasteiger partial charge in [-0.3, -0.25) is 4.79 Å². The fraction of sp³-hybridized carbons (Fsp3) is 0.176. The van der Waals surface area contributed by atoms with E-state index in [1.54, 1.807) is 18.2 Å². The second kappa shape index (κ2) is 7.79. The van der Waals surface area contributed by atoms with Gasteiger partial charge in [0.05, 0.1) is 29.9 Å². The van der Waals surface area contributed by atoms with Crippen molar-refractivity contribution in [3.05, 3.63) is 58.4 Å². The monoisotopic (exact) mass is 350 g/mol. The van der Waals surface area contributed by atoms with Crippen molar-refractivity contribution in [2.24, 2.45) is 0 Å². The zero-order chi connectivity index (χ0) is 17.7. The molecule has 0 saturated heterocycles. The van der Waals surface area contributed by atoms with Crippen LogP contribution in [0.2, 0.25) is 5.02 Å². The molecule has 5 nitrogen and oxygen atoms in total. The molecular weight excluding hydrogens is 335 g/mol. The summed E-state index contributed by atoms with van der Waals surface area (Å²) in [5.74, 6) is -1.29. The molecule has 0 saturated carbocycles. The molecule has 0 unspecified atom stereocenters. The van der Waals surface area contributed by atoms with Crippen LogP contribution in [-0.4, -0.2) is 25.5 Å². The highest BCUT2D eigenvalue weighted by Gasteiger charge is 2.10. The number of benzene rings is 2. The third kappa shape index (κ3) is 4.45. The van der Waals surface area contributed by atoms with E-state index in [1.165, 1.54) is 19.2 Å². The molecule has 0 aliphatic carbocycles. The average molecular weight is 351 g/mol. The molecule has 24 heavy (non-hydrogen) atoms. The van der Waals surface area contributed by atoms with Gasteiger partial charge in [0.15, 0.2) is 0 Å². The van der Waals surface area contributed by atoms with E-state index < -0.39 is 11.8 Å². The van der Waals surface area contributed by atoms with E-state index in [4.69, 9.17) is 11.6 Å². The molecule has 2 rings (SSSR count). The number of hydrogen-bond donors (Lipinski definition) is 2. The predicted molar refractivity (Wildman–Crippen MR) is 91.0 cm³/mol. The molecule has 126 valence electrons. The minimum atomic E-state index is -0.480. The first-order valence-electron chi connectivity index (χ1n) is 7.08. The van der Waals surface area contributed by atoms with Crippen LogP contribution in [0, 0.1) is 12.7 Å². The number of carbonyl (C=O) groups excluding carboxylic acids is 2. The standard InChI is InChI=1S/C17H16ClFN2O3/c1-10-3-4-11(17(23)24-2)7-15(10)20-9-16(22)21-14-6-5-12(19)8-13(14)18/h3-8,20H,9H2,1-2H3,(H,21,22). The number of nitrogens with one attached hydrogen (secondary N) is 2. The van der Waals surface area contributed by atoms with Crippen LogP contribution in [0.25, 0.3) is 0 Å². The minimum Gasteiger partial charge on any atom is -0.465 e. The molecule has 0 aliphatic rings. The molecule has 0 heterocycles. The normalized spacial score (nSPS) is 10.2. The third-order valence-corrected chi connectivity index (χ3v) is 3.62. The summed E-state index contributed by atoms with van der Waals surface area (Å²) < 4.78 is 17.7. The van der Waals surface area contributed by atoms with Gasteiger partial charge in [0.25, 0.3) is 0 Å². The summed E-state index contributed by atoms with van der Waals surface area (Å²) in [4.78, 5) is 23.5. The highest BCUT2D eigenvalue weighted by molar-refractivity contribution is 6.33. The number of aryl methyl sites for hydroxylation is 1. The van der Waals surface area contributed by atoms with Gasteiger partial charge in [-0.1, -0.05) is 17.7 Å². The lowest BCUT2D eigenvalue weighted by molar-refractivity contribution is -0.114. The zero-order valence-electron chi connectivity index (χ0n) is 13.2. The van der Waals surface area contributed by atoms with Crippen molar-refractivity contribution >= 4 is 34.9 Å². The fourth-order valence-corrected chi connectivity index (χ4v) is 2.23. The quantitative estimate of drug-likeness (QED) is 0.808. The molecule has 7 heteroatoms. The third-order valence-electron chi connectivity index (χ3n) is 3.30. The lowest BCUT2D eigenvalue weighted by atomic mass is 10.1. The van der Waals surface area contributed by atoms with Gasteiger partial charge in [-0.2, -0.15) is 0 Å². The maximum absolute atomic E-state index is 13.0. The maximum atomic E-state index is 13.0. The Labute approximate surface area is 143 Å². The fourth-order valence-electron chi connectivity index (χ4n) is 2.02. The summed E-state index contributed by atoms with van der Waals surface area (Å²) in [7, 11) is 1.30. The first kappa shape index (κ1) is 17.7. The Bertz CT molecular complexity index is 780. The van der Waals surface area contributed by atoms with Crippen LogP contribution < -0.4 is 10.6 Å². The number of rotatable bonds is 5. The van der Waals surface area contributed by atoms with Crippen molar-refractivity contribution in [2.75, 3.05) is 24.3 Å². The van der Waals surface area contributed by atoms with Crippen LogP contribution in [0.5, 0.6) is 0 Å². The zero-order valence-corrected chi connectivity index (χ0v) is 13.9. The number of halogens is 2. The number of hydrogen-bond acceptors (Lipinski definition) is 4. The van der Waals surface area contributed by atoms with Gasteiger partial charge in [0.2, 0.25) is 5.91 Å². The van der Waals surface area contributed by atoms with E-state index in [0.717, 1.165) is 11.6 Å². The Kier molecular flexibility index (Phi) is 5.76. The molecule has 1 amide bonds. The number of ether oxygens (including phenoxy) is 1. The number of amides is 1. The van der Waals surface area contributed by atoms with Gasteiger partial charge in [-0.15, -0.1) is 0 Å². The van der Waals surface area contributed by atoms with Gasteiger partial charge in [0, 0.05) is 5.69 Å². The van der Waals surface area contributed by atoms with Gasteiger partial charge < -0.3 is 15.4 Å². The summed E-state index contributed by atoms with van der Waals surface area (Å²) >= 11 is 5.86. The highest BCUT2D eigenvalue weighted by Crippen LogP contribution is 2.22. The Morgan fingerprint density at radius 1 is 1.17 bits per heavy atom. The van der Waals surface area contributed by atoms with Crippen LogP contribution in [0.3, 0.4) is 0 Å². The Hall–Kier alpha value is -2.60. The van der Waals surface area contributed by atoms with Crippen LogP contribution in [0.15, 0.2) is 36.4 Å². The Morgan fingerprint density at radius 3 is 2.58 bits per heavy atom. The molecule has 2 aromatic carbocycles. The number of anilines is 2. The van der Waals surface area contributed by atoms with Gasteiger partial charge in [-0.25, -0.2) is 9.18 Å². The molecule has 2 aromatic rings. The van der Waals surface area contributed by atoms with Crippen molar-refractivity contribution in [3.63, 3.8) is 0 Å². The maximum Gasteiger partial charge on any atom is 0.337 e. The van der Waals surface area contributed by atoms with E-state index in [0.29, 0.717) is 16.9 Å². The van der Waals surface area contributed by atoms with E-state index in [-0.39, 0.29) is 17.5 Å². The van der Waals surface area contributed by atoms with Crippen molar-refractivity contribution < 1.29 is 18.7 Å². The van der Waals surface area contributed by atoms with E-state index in [9.17, 15) is 14.0 Å². The molecule has 0 bridgehead atoms. The smallest absolute Gasteiger partial charge is 0.337 e. The lowest BCUT2D eigenvalue weighted by Crippen LogP contribution is -2.22. The topological polar surface area (TPSA) is 67.4 Å². The summed E-state index contributed by atoms with van der Waals surface area (Å²) in [6.07, 6.45) is 0. The Morgan fingerprint density at radius 2 is 1.92 bits per heavy atom. The van der Waals surface area contributed by atoms with Gasteiger partial charge in [0.1, 0.15) is 5.82 Å². The molecule has 0 fully saturated rings. The van der Waals surface area contributed by atoms with Gasteiger partial charge in [-0.05, 0) is 42.8 Å². The van der Waals surface area contributed by atoms with E-state index in [1.807, 2.05) is 6.92 Å². The second-order valence-corrected chi connectivity index (χ2v) is 5.45. The Balaban J connectivity index is 2.02. The van der Waals surface area contributed by atoms with Crippen molar-refractivity contribution in [1.82, 2.24) is 0 Å². The largest absolute Gasteiger partial charge is 0.465 e. The number of carbonyl (C=O) groups is 2. The number of methoxy groups -OCH3 is 1.